The molecule has 0 bridgehead atoms. The Morgan fingerprint density at radius 3 is 2.71 bits per heavy atom. The summed E-state index contributed by atoms with van der Waals surface area (Å²) in [4.78, 5) is 12.8. The molecule has 0 saturated carbocycles. The van der Waals surface area contributed by atoms with Crippen molar-refractivity contribution in [2.24, 2.45) is 11.0 Å². The Labute approximate surface area is 106 Å². The summed E-state index contributed by atoms with van der Waals surface area (Å²) in [5, 5.41) is 3.96. The first kappa shape index (κ1) is 12.2. The molecule has 1 N–H and O–H groups in total. The molecule has 1 aliphatic rings. The summed E-state index contributed by atoms with van der Waals surface area (Å²) in [6.45, 7) is 4.27. The van der Waals surface area contributed by atoms with E-state index in [1.54, 1.807) is 11.8 Å². The predicted molar refractivity (Wildman–Crippen MR) is 71.1 cm³/mol. The minimum Gasteiger partial charge on any atom is -0.271 e. The highest BCUT2D eigenvalue weighted by Gasteiger charge is 2.30. The van der Waals surface area contributed by atoms with Gasteiger partial charge < -0.3 is 0 Å². The fourth-order valence-corrected chi connectivity index (χ4v) is 2.75. The van der Waals surface area contributed by atoms with Gasteiger partial charge in [-0.05, 0) is 24.5 Å². The van der Waals surface area contributed by atoms with E-state index in [4.69, 9.17) is 0 Å². The molecule has 0 fully saturated rings. The van der Waals surface area contributed by atoms with Gasteiger partial charge in [-0.1, -0.05) is 32.0 Å². The molecule has 0 spiro atoms. The lowest BCUT2D eigenvalue weighted by Crippen LogP contribution is -2.26. The molecule has 1 amide bonds. The molecule has 1 aromatic carbocycles. The van der Waals surface area contributed by atoms with E-state index in [1.165, 1.54) is 0 Å². The highest BCUT2D eigenvalue weighted by Crippen LogP contribution is 2.28. The van der Waals surface area contributed by atoms with Gasteiger partial charge >= 0.3 is 0 Å². The Bertz CT molecular complexity index is 428. The lowest BCUT2D eigenvalue weighted by molar-refractivity contribution is -0.118. The molecule has 0 aromatic heterocycles. The number of hydrogen-bond acceptors (Lipinski definition) is 3. The van der Waals surface area contributed by atoms with Crippen molar-refractivity contribution in [1.82, 2.24) is 5.43 Å². The average Bonchev–Trinajstić information content (AvgIpc) is 2.62. The van der Waals surface area contributed by atoms with Crippen LogP contribution < -0.4 is 5.43 Å². The monoisotopic (exact) mass is 248 g/mol. The predicted octanol–water partition coefficient (Wildman–Crippen LogP) is 2.68. The Hall–Kier alpha value is -1.29. The molecule has 0 saturated heterocycles. The van der Waals surface area contributed by atoms with Crippen molar-refractivity contribution in [2.75, 3.05) is 0 Å². The molecule has 1 heterocycles. The molecule has 1 unspecified atom stereocenters. The molecule has 4 heteroatoms. The van der Waals surface area contributed by atoms with Gasteiger partial charge in [-0.15, -0.1) is 11.8 Å². The van der Waals surface area contributed by atoms with Crippen molar-refractivity contribution < 1.29 is 4.79 Å². The number of amides is 1. The summed E-state index contributed by atoms with van der Waals surface area (Å²) in [7, 11) is 0. The average molecular weight is 248 g/mol. The van der Waals surface area contributed by atoms with Gasteiger partial charge in [0, 0.05) is 4.90 Å². The van der Waals surface area contributed by atoms with Crippen molar-refractivity contribution in [1.29, 1.82) is 0 Å². The van der Waals surface area contributed by atoms with Crippen LogP contribution in [0.2, 0.25) is 0 Å². The lowest BCUT2D eigenvalue weighted by Gasteiger charge is -2.11. The second-order valence-corrected chi connectivity index (χ2v) is 5.67. The first-order valence-electron chi connectivity index (χ1n) is 5.75. The van der Waals surface area contributed by atoms with E-state index >= 15 is 0 Å². The summed E-state index contributed by atoms with van der Waals surface area (Å²) in [6, 6.07) is 9.97. The van der Waals surface area contributed by atoms with Gasteiger partial charge in [-0.3, -0.25) is 4.79 Å². The fraction of sp³-hybridized carbons (Fsp3) is 0.385. The Balaban J connectivity index is 2.08. The van der Waals surface area contributed by atoms with Crippen LogP contribution in [0.1, 0.15) is 20.3 Å². The highest BCUT2D eigenvalue weighted by molar-refractivity contribution is 8.01. The van der Waals surface area contributed by atoms with E-state index in [-0.39, 0.29) is 11.2 Å². The summed E-state index contributed by atoms with van der Waals surface area (Å²) in [5.41, 5.74) is 3.53. The maximum atomic E-state index is 11.7. The third-order valence-electron chi connectivity index (χ3n) is 2.47. The van der Waals surface area contributed by atoms with Crippen molar-refractivity contribution in [3.63, 3.8) is 0 Å². The SMILES string of the molecule is CC(C)CC1=NNC(=O)C1Sc1ccccc1. The molecule has 2 rings (SSSR count). The zero-order valence-corrected chi connectivity index (χ0v) is 10.8. The number of carbonyl (C=O) groups is 1. The number of thioether (sulfide) groups is 1. The number of nitrogens with one attached hydrogen (secondary N) is 1. The third kappa shape index (κ3) is 3.09. The van der Waals surface area contributed by atoms with Gasteiger partial charge in [0.2, 0.25) is 0 Å². The summed E-state index contributed by atoms with van der Waals surface area (Å²) < 4.78 is 0. The minimum absolute atomic E-state index is 0.00509. The van der Waals surface area contributed by atoms with Gasteiger partial charge in [0.1, 0.15) is 5.25 Å². The van der Waals surface area contributed by atoms with Gasteiger partial charge in [0.25, 0.3) is 5.91 Å². The summed E-state index contributed by atoms with van der Waals surface area (Å²) in [6.07, 6.45) is 0.864. The van der Waals surface area contributed by atoms with Crippen LogP contribution >= 0.6 is 11.8 Å². The molecule has 0 aliphatic carbocycles. The highest BCUT2D eigenvalue weighted by atomic mass is 32.2. The van der Waals surface area contributed by atoms with Crippen molar-refractivity contribution in [3.05, 3.63) is 30.3 Å². The molecule has 17 heavy (non-hydrogen) atoms. The number of benzene rings is 1. The van der Waals surface area contributed by atoms with Crippen LogP contribution in [-0.4, -0.2) is 16.9 Å². The van der Waals surface area contributed by atoms with Crippen LogP contribution in [0.5, 0.6) is 0 Å². The van der Waals surface area contributed by atoms with E-state index < -0.39 is 0 Å². The second kappa shape index (κ2) is 5.36. The number of hydrazone groups is 1. The molecular formula is C13H16N2OS. The van der Waals surface area contributed by atoms with Gasteiger partial charge in [-0.25, -0.2) is 5.43 Å². The first-order chi connectivity index (χ1) is 8.16. The van der Waals surface area contributed by atoms with Crippen molar-refractivity contribution in [2.45, 2.75) is 30.4 Å². The molecule has 3 nitrogen and oxygen atoms in total. The maximum absolute atomic E-state index is 11.7. The van der Waals surface area contributed by atoms with E-state index in [0.717, 1.165) is 17.0 Å². The van der Waals surface area contributed by atoms with Crippen molar-refractivity contribution in [3.8, 4) is 0 Å². The largest absolute Gasteiger partial charge is 0.271 e. The number of carbonyl (C=O) groups excluding carboxylic acids is 1. The van der Waals surface area contributed by atoms with Gasteiger partial charge in [-0.2, -0.15) is 5.10 Å². The van der Waals surface area contributed by atoms with Crippen LogP contribution in [0, 0.1) is 5.92 Å². The zero-order valence-electron chi connectivity index (χ0n) is 10.0. The fourth-order valence-electron chi connectivity index (χ4n) is 1.72. The lowest BCUT2D eigenvalue weighted by atomic mass is 10.0. The summed E-state index contributed by atoms with van der Waals surface area (Å²) in [5.74, 6) is 0.509. The number of rotatable bonds is 4. The quantitative estimate of drug-likeness (QED) is 0.890. The van der Waals surface area contributed by atoms with Crippen LogP contribution in [-0.2, 0) is 4.79 Å². The third-order valence-corrected chi connectivity index (χ3v) is 3.73. The van der Waals surface area contributed by atoms with Crippen LogP contribution in [0.3, 0.4) is 0 Å². The van der Waals surface area contributed by atoms with Gasteiger partial charge in [0.15, 0.2) is 0 Å². The van der Waals surface area contributed by atoms with Crippen LogP contribution in [0.4, 0.5) is 0 Å². The van der Waals surface area contributed by atoms with E-state index in [9.17, 15) is 4.79 Å². The van der Waals surface area contributed by atoms with Crippen molar-refractivity contribution >= 4 is 23.4 Å². The second-order valence-electron chi connectivity index (χ2n) is 4.49. The van der Waals surface area contributed by atoms with E-state index in [2.05, 4.69) is 24.4 Å². The van der Waals surface area contributed by atoms with Crippen LogP contribution in [0.15, 0.2) is 40.3 Å². The molecule has 1 aliphatic heterocycles. The molecular weight excluding hydrogens is 232 g/mol. The zero-order chi connectivity index (χ0) is 12.3. The minimum atomic E-state index is -0.167. The molecule has 0 radical (unpaired) electrons. The van der Waals surface area contributed by atoms with E-state index in [1.807, 2.05) is 30.3 Å². The molecule has 1 atom stereocenters. The van der Waals surface area contributed by atoms with Crippen LogP contribution in [0.25, 0.3) is 0 Å². The maximum Gasteiger partial charge on any atom is 0.259 e. The number of hydrogen-bond donors (Lipinski definition) is 1. The van der Waals surface area contributed by atoms with Gasteiger partial charge in [0.05, 0.1) is 5.71 Å². The first-order valence-corrected chi connectivity index (χ1v) is 6.63. The Morgan fingerprint density at radius 2 is 2.06 bits per heavy atom. The number of nitrogens with zero attached hydrogens (tertiary/aromatic N) is 1. The molecule has 1 aromatic rings. The Morgan fingerprint density at radius 1 is 1.35 bits per heavy atom. The topological polar surface area (TPSA) is 41.5 Å². The van der Waals surface area contributed by atoms with E-state index in [0.29, 0.717) is 5.92 Å². The standard InChI is InChI=1S/C13H16N2OS/c1-9(2)8-11-12(13(16)15-14-11)17-10-6-4-3-5-7-10/h3-7,9,12H,8H2,1-2H3,(H,15,16). The normalized spacial score (nSPS) is 19.4. The summed E-state index contributed by atoms with van der Waals surface area (Å²) >= 11 is 1.57. The molecule has 90 valence electrons. The smallest absolute Gasteiger partial charge is 0.259 e. The Kier molecular flexibility index (Phi) is 3.84.